The lowest BCUT2D eigenvalue weighted by Crippen LogP contribution is -2.14. The SMILES string of the molecule is CCCCCCc1cc2c3c(c(=O)oc2cc1OCC(=O)OC)CCC3. The zero-order valence-corrected chi connectivity index (χ0v) is 15.6. The molecule has 0 N–H and O–H groups in total. The minimum absolute atomic E-state index is 0.154. The van der Waals surface area contributed by atoms with E-state index in [9.17, 15) is 9.59 Å². The van der Waals surface area contributed by atoms with Gasteiger partial charge in [0.1, 0.15) is 11.3 Å². The maximum Gasteiger partial charge on any atom is 0.343 e. The summed E-state index contributed by atoms with van der Waals surface area (Å²) in [6.45, 7) is 2.03. The van der Waals surface area contributed by atoms with Crippen molar-refractivity contribution in [2.45, 2.75) is 58.3 Å². The van der Waals surface area contributed by atoms with Crippen LogP contribution in [0.15, 0.2) is 21.3 Å². The lowest BCUT2D eigenvalue weighted by molar-refractivity contribution is -0.142. The molecule has 1 aromatic heterocycles. The average molecular weight is 358 g/mol. The molecule has 3 rings (SSSR count). The largest absolute Gasteiger partial charge is 0.481 e. The minimum Gasteiger partial charge on any atom is -0.481 e. The standard InChI is InChI=1S/C21H26O5/c1-3-4-5-6-8-14-11-17-15-9-7-10-16(15)21(23)26-19(17)12-18(14)25-13-20(22)24-2/h11-12H,3-10,13H2,1-2H3. The number of hydrogen-bond acceptors (Lipinski definition) is 5. The molecular weight excluding hydrogens is 332 g/mol. The van der Waals surface area contributed by atoms with Crippen LogP contribution in [0, 0.1) is 0 Å². The number of ether oxygens (including phenoxy) is 2. The van der Waals surface area contributed by atoms with Crippen LogP contribution in [-0.4, -0.2) is 19.7 Å². The molecule has 1 aromatic carbocycles. The second kappa shape index (κ2) is 8.39. The molecule has 0 fully saturated rings. The monoisotopic (exact) mass is 358 g/mol. The number of esters is 1. The third-order valence-electron chi connectivity index (χ3n) is 5.03. The quantitative estimate of drug-likeness (QED) is 0.406. The zero-order valence-electron chi connectivity index (χ0n) is 15.6. The number of methoxy groups -OCH3 is 1. The number of aryl methyl sites for hydroxylation is 2. The van der Waals surface area contributed by atoms with Gasteiger partial charge in [0, 0.05) is 17.0 Å². The summed E-state index contributed by atoms with van der Waals surface area (Å²) in [5, 5.41) is 1.01. The minimum atomic E-state index is -0.433. The van der Waals surface area contributed by atoms with Gasteiger partial charge in [0.25, 0.3) is 0 Å². The summed E-state index contributed by atoms with van der Waals surface area (Å²) in [6.07, 6.45) is 8.18. The van der Waals surface area contributed by atoms with Gasteiger partial charge in [-0.2, -0.15) is 0 Å². The molecule has 26 heavy (non-hydrogen) atoms. The Balaban J connectivity index is 1.97. The van der Waals surface area contributed by atoms with Crippen LogP contribution in [0.1, 0.15) is 55.7 Å². The van der Waals surface area contributed by atoms with Crippen molar-refractivity contribution in [3.63, 3.8) is 0 Å². The Bertz CT molecular complexity index is 850. The smallest absolute Gasteiger partial charge is 0.343 e. The number of rotatable bonds is 8. The van der Waals surface area contributed by atoms with Gasteiger partial charge in [-0.25, -0.2) is 9.59 Å². The molecule has 5 nitrogen and oxygen atoms in total. The van der Waals surface area contributed by atoms with E-state index >= 15 is 0 Å². The summed E-state index contributed by atoms with van der Waals surface area (Å²) in [5.41, 5.74) is 3.27. The Hall–Kier alpha value is -2.30. The molecule has 0 saturated carbocycles. The van der Waals surface area contributed by atoms with E-state index in [1.54, 1.807) is 6.07 Å². The zero-order chi connectivity index (χ0) is 18.5. The van der Waals surface area contributed by atoms with Crippen molar-refractivity contribution in [3.05, 3.63) is 39.2 Å². The molecule has 0 atom stereocenters. The van der Waals surface area contributed by atoms with Crippen molar-refractivity contribution >= 4 is 16.9 Å². The van der Waals surface area contributed by atoms with E-state index in [2.05, 4.69) is 17.7 Å². The van der Waals surface area contributed by atoms with Crippen molar-refractivity contribution in [1.29, 1.82) is 0 Å². The molecule has 0 unspecified atom stereocenters. The summed E-state index contributed by atoms with van der Waals surface area (Å²) >= 11 is 0. The topological polar surface area (TPSA) is 65.7 Å². The van der Waals surface area contributed by atoms with Crippen LogP contribution in [0.25, 0.3) is 11.0 Å². The third kappa shape index (κ3) is 3.92. The highest BCUT2D eigenvalue weighted by atomic mass is 16.6. The van der Waals surface area contributed by atoms with Crippen molar-refractivity contribution in [2.24, 2.45) is 0 Å². The Morgan fingerprint density at radius 2 is 1.96 bits per heavy atom. The van der Waals surface area contributed by atoms with Crippen molar-refractivity contribution in [1.82, 2.24) is 0 Å². The van der Waals surface area contributed by atoms with Crippen LogP contribution >= 0.6 is 0 Å². The highest BCUT2D eigenvalue weighted by Crippen LogP contribution is 2.33. The molecule has 1 aliphatic rings. The van der Waals surface area contributed by atoms with E-state index in [1.165, 1.54) is 20.0 Å². The number of fused-ring (bicyclic) bond motifs is 3. The molecule has 2 aromatic rings. The summed E-state index contributed by atoms with van der Waals surface area (Å²) in [6, 6.07) is 3.84. The number of carbonyl (C=O) groups is 1. The lowest BCUT2D eigenvalue weighted by atomic mass is 10.00. The Kier molecular flexibility index (Phi) is 5.96. The van der Waals surface area contributed by atoms with Crippen molar-refractivity contribution in [3.8, 4) is 5.75 Å². The van der Waals surface area contributed by atoms with Crippen LogP contribution in [0.2, 0.25) is 0 Å². The summed E-state index contributed by atoms with van der Waals surface area (Å²) in [7, 11) is 1.33. The van der Waals surface area contributed by atoms with Gasteiger partial charge in [-0.1, -0.05) is 26.2 Å². The molecule has 5 heteroatoms. The fraction of sp³-hybridized carbons (Fsp3) is 0.524. The predicted octanol–water partition coefficient (Wildman–Crippen LogP) is 3.96. The third-order valence-corrected chi connectivity index (χ3v) is 5.03. The number of benzene rings is 1. The molecular formula is C21H26O5. The summed E-state index contributed by atoms with van der Waals surface area (Å²) in [4.78, 5) is 23.6. The molecule has 1 heterocycles. The second-order valence-corrected chi connectivity index (χ2v) is 6.83. The molecule has 140 valence electrons. The first-order chi connectivity index (χ1) is 12.6. The van der Waals surface area contributed by atoms with Gasteiger partial charge < -0.3 is 13.9 Å². The normalized spacial score (nSPS) is 13.0. The fourth-order valence-corrected chi connectivity index (χ4v) is 3.62. The summed E-state index contributed by atoms with van der Waals surface area (Å²) < 4.78 is 15.9. The molecule has 0 aliphatic heterocycles. The van der Waals surface area contributed by atoms with Crippen molar-refractivity contribution < 1.29 is 18.7 Å². The van der Waals surface area contributed by atoms with Crippen LogP contribution in [0.4, 0.5) is 0 Å². The van der Waals surface area contributed by atoms with Gasteiger partial charge in [-0.15, -0.1) is 0 Å². The Labute approximate surface area is 153 Å². The van der Waals surface area contributed by atoms with Crippen LogP contribution < -0.4 is 10.4 Å². The summed E-state index contributed by atoms with van der Waals surface area (Å²) in [5.74, 6) is 0.165. The fourth-order valence-electron chi connectivity index (χ4n) is 3.62. The molecule has 0 bridgehead atoms. The maximum absolute atomic E-state index is 12.2. The van der Waals surface area contributed by atoms with E-state index in [0.717, 1.165) is 60.6 Å². The van der Waals surface area contributed by atoms with E-state index in [1.807, 2.05) is 0 Å². The van der Waals surface area contributed by atoms with Crippen LogP contribution in [0.5, 0.6) is 5.75 Å². The Morgan fingerprint density at radius 1 is 1.15 bits per heavy atom. The number of hydrogen-bond donors (Lipinski definition) is 0. The first-order valence-electron chi connectivity index (χ1n) is 9.45. The first-order valence-corrected chi connectivity index (χ1v) is 9.45. The van der Waals surface area contributed by atoms with Crippen LogP contribution in [0.3, 0.4) is 0 Å². The van der Waals surface area contributed by atoms with Crippen LogP contribution in [-0.2, 0) is 28.8 Å². The Morgan fingerprint density at radius 3 is 2.73 bits per heavy atom. The van der Waals surface area contributed by atoms with Gasteiger partial charge in [-0.05, 0) is 49.3 Å². The van der Waals surface area contributed by atoms with E-state index in [4.69, 9.17) is 9.15 Å². The number of unbranched alkanes of at least 4 members (excludes halogenated alkanes) is 3. The molecule has 0 amide bonds. The number of carbonyl (C=O) groups excluding carboxylic acids is 1. The van der Waals surface area contributed by atoms with E-state index < -0.39 is 5.97 Å². The molecule has 0 radical (unpaired) electrons. The van der Waals surface area contributed by atoms with Gasteiger partial charge in [-0.3, -0.25) is 0 Å². The van der Waals surface area contributed by atoms with Gasteiger partial charge >= 0.3 is 11.6 Å². The van der Waals surface area contributed by atoms with E-state index in [0.29, 0.717) is 11.3 Å². The maximum atomic E-state index is 12.2. The predicted molar refractivity (Wildman–Crippen MR) is 99.9 cm³/mol. The molecule has 0 saturated heterocycles. The highest BCUT2D eigenvalue weighted by molar-refractivity contribution is 5.84. The average Bonchev–Trinajstić information content (AvgIpc) is 3.14. The second-order valence-electron chi connectivity index (χ2n) is 6.83. The molecule has 1 aliphatic carbocycles. The van der Waals surface area contributed by atoms with Crippen molar-refractivity contribution in [2.75, 3.05) is 13.7 Å². The highest BCUT2D eigenvalue weighted by Gasteiger charge is 2.21. The lowest BCUT2D eigenvalue weighted by Gasteiger charge is -2.13. The van der Waals surface area contributed by atoms with E-state index in [-0.39, 0.29) is 12.2 Å². The van der Waals surface area contributed by atoms with Gasteiger partial charge in [0.15, 0.2) is 6.61 Å². The van der Waals surface area contributed by atoms with Gasteiger partial charge in [0.05, 0.1) is 7.11 Å². The first kappa shape index (κ1) is 18.5. The molecule has 0 spiro atoms. The van der Waals surface area contributed by atoms with Gasteiger partial charge in [0.2, 0.25) is 0 Å².